The van der Waals surface area contributed by atoms with E-state index in [4.69, 9.17) is 11.6 Å². The van der Waals surface area contributed by atoms with Crippen molar-refractivity contribution in [2.75, 3.05) is 0 Å². The van der Waals surface area contributed by atoms with Crippen LogP contribution in [-0.4, -0.2) is 12.1 Å². The Hall–Kier alpha value is -1.35. The molecule has 1 aliphatic carbocycles. The lowest BCUT2D eigenvalue weighted by Gasteiger charge is -2.19. The molecule has 96 valence electrons. The summed E-state index contributed by atoms with van der Waals surface area (Å²) >= 11 is 5.78. The third-order valence-corrected chi connectivity index (χ3v) is 3.49. The van der Waals surface area contributed by atoms with E-state index in [1.165, 1.54) is 6.42 Å². The van der Waals surface area contributed by atoms with Gasteiger partial charge in [0.25, 0.3) is 0 Å². The highest BCUT2D eigenvalue weighted by Gasteiger charge is 2.20. The Balaban J connectivity index is 1.83. The summed E-state index contributed by atoms with van der Waals surface area (Å²) in [5.74, 6) is 0.182. The Kier molecular flexibility index (Phi) is 4.76. The van der Waals surface area contributed by atoms with Gasteiger partial charge in [-0.2, -0.15) is 5.10 Å². The van der Waals surface area contributed by atoms with Gasteiger partial charge in [-0.25, -0.2) is 5.43 Å². The van der Waals surface area contributed by atoms with E-state index < -0.39 is 0 Å². The number of hydrogen-bond donors (Lipinski definition) is 1. The van der Waals surface area contributed by atoms with E-state index in [9.17, 15) is 4.79 Å². The normalized spacial score (nSPS) is 16.9. The van der Waals surface area contributed by atoms with Gasteiger partial charge >= 0.3 is 0 Å². The fourth-order valence-electron chi connectivity index (χ4n) is 2.18. The van der Waals surface area contributed by atoms with E-state index in [1.807, 2.05) is 12.1 Å². The van der Waals surface area contributed by atoms with Crippen molar-refractivity contribution in [3.05, 3.63) is 34.9 Å². The van der Waals surface area contributed by atoms with Crippen molar-refractivity contribution in [1.29, 1.82) is 0 Å². The Labute approximate surface area is 112 Å². The van der Waals surface area contributed by atoms with Crippen molar-refractivity contribution in [2.24, 2.45) is 11.0 Å². The van der Waals surface area contributed by atoms with Crippen molar-refractivity contribution in [1.82, 2.24) is 5.43 Å². The number of hydrogen-bond acceptors (Lipinski definition) is 2. The van der Waals surface area contributed by atoms with Crippen LogP contribution >= 0.6 is 11.6 Å². The molecule has 0 aromatic heterocycles. The first kappa shape index (κ1) is 13.1. The third kappa shape index (κ3) is 3.84. The minimum absolute atomic E-state index is 0.0416. The number of benzene rings is 1. The zero-order valence-corrected chi connectivity index (χ0v) is 11.0. The lowest BCUT2D eigenvalue weighted by Crippen LogP contribution is -2.28. The van der Waals surface area contributed by atoms with Gasteiger partial charge in [0.2, 0.25) is 5.91 Å². The smallest absolute Gasteiger partial charge is 0.243 e. The largest absolute Gasteiger partial charge is 0.273 e. The summed E-state index contributed by atoms with van der Waals surface area (Å²) in [6.45, 7) is 0. The molecule has 0 heterocycles. The molecule has 1 fully saturated rings. The maximum absolute atomic E-state index is 11.8. The number of nitrogens with one attached hydrogen (secondary N) is 1. The van der Waals surface area contributed by atoms with E-state index in [0.717, 1.165) is 31.2 Å². The molecule has 0 aliphatic heterocycles. The predicted octanol–water partition coefficient (Wildman–Crippen LogP) is 3.37. The number of carbonyl (C=O) groups is 1. The molecule has 0 atom stereocenters. The summed E-state index contributed by atoms with van der Waals surface area (Å²) in [7, 11) is 0. The first-order valence-electron chi connectivity index (χ1n) is 6.34. The lowest BCUT2D eigenvalue weighted by molar-refractivity contribution is -0.125. The Morgan fingerprint density at radius 1 is 1.22 bits per heavy atom. The van der Waals surface area contributed by atoms with E-state index in [2.05, 4.69) is 10.5 Å². The Morgan fingerprint density at radius 2 is 1.89 bits per heavy atom. The van der Waals surface area contributed by atoms with Crippen molar-refractivity contribution in [3.8, 4) is 0 Å². The fourth-order valence-corrected chi connectivity index (χ4v) is 2.30. The average molecular weight is 265 g/mol. The number of hydrazone groups is 1. The maximum Gasteiger partial charge on any atom is 0.243 e. The van der Waals surface area contributed by atoms with E-state index in [0.29, 0.717) is 5.02 Å². The van der Waals surface area contributed by atoms with Gasteiger partial charge in [0.1, 0.15) is 0 Å². The minimum atomic E-state index is 0.0416. The van der Waals surface area contributed by atoms with E-state index in [1.54, 1.807) is 18.3 Å². The van der Waals surface area contributed by atoms with Crippen molar-refractivity contribution >= 4 is 23.7 Å². The van der Waals surface area contributed by atoms with Crippen molar-refractivity contribution in [2.45, 2.75) is 32.1 Å². The number of rotatable bonds is 3. The number of carbonyl (C=O) groups excluding carboxylic acids is 1. The molecule has 1 aromatic carbocycles. The van der Waals surface area contributed by atoms with Gasteiger partial charge in [-0.1, -0.05) is 43.0 Å². The quantitative estimate of drug-likeness (QED) is 0.660. The molecule has 1 aliphatic rings. The van der Waals surface area contributed by atoms with Crippen LogP contribution in [0.5, 0.6) is 0 Å². The fraction of sp³-hybridized carbons (Fsp3) is 0.429. The van der Waals surface area contributed by atoms with Crippen LogP contribution in [0.25, 0.3) is 0 Å². The van der Waals surface area contributed by atoms with Gasteiger partial charge in [0.15, 0.2) is 0 Å². The standard InChI is InChI=1S/C14H17ClN2O/c15-13-8-6-11(7-9-13)10-16-17-14(18)12-4-2-1-3-5-12/h6-10,12H,1-5H2,(H,17,18)/b16-10-. The van der Waals surface area contributed by atoms with Crippen LogP contribution in [0.15, 0.2) is 29.4 Å². The third-order valence-electron chi connectivity index (χ3n) is 3.23. The molecule has 1 saturated carbocycles. The first-order chi connectivity index (χ1) is 8.75. The molecule has 1 N–H and O–H groups in total. The van der Waals surface area contributed by atoms with Crippen LogP contribution in [0.3, 0.4) is 0 Å². The highest BCUT2D eigenvalue weighted by atomic mass is 35.5. The zero-order valence-electron chi connectivity index (χ0n) is 10.2. The molecule has 0 unspecified atom stereocenters. The zero-order chi connectivity index (χ0) is 12.8. The van der Waals surface area contributed by atoms with Gasteiger partial charge in [0.05, 0.1) is 6.21 Å². The van der Waals surface area contributed by atoms with Crippen LogP contribution in [0.1, 0.15) is 37.7 Å². The van der Waals surface area contributed by atoms with Crippen LogP contribution < -0.4 is 5.43 Å². The summed E-state index contributed by atoms with van der Waals surface area (Å²) in [6, 6.07) is 7.31. The monoisotopic (exact) mass is 264 g/mol. The minimum Gasteiger partial charge on any atom is -0.273 e. The number of halogens is 1. The van der Waals surface area contributed by atoms with Gasteiger partial charge in [-0.15, -0.1) is 0 Å². The SMILES string of the molecule is O=C(N/N=C\c1ccc(Cl)cc1)C1CCCCC1. The molecule has 1 amide bonds. The molecule has 2 rings (SSSR count). The van der Waals surface area contributed by atoms with Crippen LogP contribution in [0.2, 0.25) is 5.02 Å². The maximum atomic E-state index is 11.8. The second-order valence-corrected chi connectivity index (χ2v) is 5.06. The van der Waals surface area contributed by atoms with Crippen molar-refractivity contribution in [3.63, 3.8) is 0 Å². The summed E-state index contributed by atoms with van der Waals surface area (Å²) in [6.07, 6.45) is 7.16. The summed E-state index contributed by atoms with van der Waals surface area (Å²) in [5, 5.41) is 4.67. The molecule has 0 bridgehead atoms. The Morgan fingerprint density at radius 3 is 2.56 bits per heavy atom. The molecular formula is C14H17ClN2O. The summed E-state index contributed by atoms with van der Waals surface area (Å²) in [5.41, 5.74) is 3.53. The van der Waals surface area contributed by atoms with E-state index >= 15 is 0 Å². The predicted molar refractivity (Wildman–Crippen MR) is 73.8 cm³/mol. The van der Waals surface area contributed by atoms with Crippen LogP contribution in [0, 0.1) is 5.92 Å². The first-order valence-corrected chi connectivity index (χ1v) is 6.72. The van der Waals surface area contributed by atoms with Gasteiger partial charge in [0, 0.05) is 10.9 Å². The Bertz CT molecular complexity index is 422. The van der Waals surface area contributed by atoms with Gasteiger partial charge in [-0.3, -0.25) is 4.79 Å². The topological polar surface area (TPSA) is 41.5 Å². The molecule has 3 nitrogen and oxygen atoms in total. The van der Waals surface area contributed by atoms with Crippen LogP contribution in [-0.2, 0) is 4.79 Å². The molecule has 0 radical (unpaired) electrons. The molecule has 0 saturated heterocycles. The second-order valence-electron chi connectivity index (χ2n) is 4.62. The number of amides is 1. The highest BCUT2D eigenvalue weighted by molar-refractivity contribution is 6.30. The highest BCUT2D eigenvalue weighted by Crippen LogP contribution is 2.23. The molecule has 1 aromatic rings. The van der Waals surface area contributed by atoms with Gasteiger partial charge < -0.3 is 0 Å². The van der Waals surface area contributed by atoms with Crippen molar-refractivity contribution < 1.29 is 4.79 Å². The average Bonchev–Trinajstić information content (AvgIpc) is 2.42. The lowest BCUT2D eigenvalue weighted by atomic mass is 9.89. The number of nitrogens with zero attached hydrogens (tertiary/aromatic N) is 1. The van der Waals surface area contributed by atoms with Gasteiger partial charge in [-0.05, 0) is 30.5 Å². The molecular weight excluding hydrogens is 248 g/mol. The second kappa shape index (κ2) is 6.55. The molecule has 4 heteroatoms. The summed E-state index contributed by atoms with van der Waals surface area (Å²) in [4.78, 5) is 11.8. The molecule has 0 spiro atoms. The van der Waals surface area contributed by atoms with Crippen LogP contribution in [0.4, 0.5) is 0 Å². The summed E-state index contributed by atoms with van der Waals surface area (Å²) < 4.78 is 0. The van der Waals surface area contributed by atoms with E-state index in [-0.39, 0.29) is 11.8 Å². The molecule has 18 heavy (non-hydrogen) atoms.